The Morgan fingerprint density at radius 1 is 1.32 bits per heavy atom. The van der Waals surface area contributed by atoms with E-state index in [0.717, 1.165) is 16.5 Å². The summed E-state index contributed by atoms with van der Waals surface area (Å²) in [6.45, 7) is 4.13. The first kappa shape index (κ1) is 17.8. The van der Waals surface area contributed by atoms with Crippen molar-refractivity contribution in [3.05, 3.63) is 57.0 Å². The van der Waals surface area contributed by atoms with E-state index in [1.165, 1.54) is 11.3 Å². The molecule has 0 saturated carbocycles. The van der Waals surface area contributed by atoms with Gasteiger partial charge in [0.2, 0.25) is 11.7 Å². The van der Waals surface area contributed by atoms with Crippen LogP contribution in [0.5, 0.6) is 0 Å². The standard InChI is InChI=1S/C18H18BrN3O2S/c1-3-11(2)15(20-17(23)14-5-4-10-25-14)18-21-16(22-24-18)12-6-8-13(19)9-7-12/h4-11,15H,3H2,1-2H3,(H,20,23)/t11-,15-/m1/s1. The van der Waals surface area contributed by atoms with Crippen LogP contribution < -0.4 is 5.32 Å². The van der Waals surface area contributed by atoms with E-state index in [0.29, 0.717) is 16.6 Å². The molecule has 1 N–H and O–H groups in total. The molecule has 0 radical (unpaired) electrons. The number of hydrogen-bond donors (Lipinski definition) is 1. The Morgan fingerprint density at radius 3 is 2.72 bits per heavy atom. The van der Waals surface area contributed by atoms with Gasteiger partial charge in [-0.15, -0.1) is 11.3 Å². The van der Waals surface area contributed by atoms with E-state index in [9.17, 15) is 4.79 Å². The minimum absolute atomic E-state index is 0.122. The molecule has 7 heteroatoms. The molecule has 2 heterocycles. The Balaban J connectivity index is 1.84. The topological polar surface area (TPSA) is 68.0 Å². The summed E-state index contributed by atoms with van der Waals surface area (Å²) in [5.74, 6) is 0.990. The van der Waals surface area contributed by atoms with Crippen molar-refractivity contribution in [2.45, 2.75) is 26.3 Å². The average Bonchev–Trinajstić information content (AvgIpc) is 3.31. The van der Waals surface area contributed by atoms with Crippen LogP contribution in [-0.2, 0) is 0 Å². The van der Waals surface area contributed by atoms with E-state index < -0.39 is 0 Å². The number of carbonyl (C=O) groups is 1. The van der Waals surface area contributed by atoms with Gasteiger partial charge in [-0.05, 0) is 41.6 Å². The third-order valence-electron chi connectivity index (χ3n) is 4.05. The SMILES string of the molecule is CC[C@@H](C)[C@@H](NC(=O)c1cccs1)c1nc(-c2ccc(Br)cc2)no1. The van der Waals surface area contributed by atoms with Gasteiger partial charge in [0.05, 0.1) is 4.88 Å². The summed E-state index contributed by atoms with van der Waals surface area (Å²) in [6.07, 6.45) is 0.880. The molecule has 2 aromatic heterocycles. The summed E-state index contributed by atoms with van der Waals surface area (Å²) in [6, 6.07) is 11.0. The Hall–Kier alpha value is -1.99. The number of hydrogen-bond acceptors (Lipinski definition) is 5. The smallest absolute Gasteiger partial charge is 0.262 e. The molecule has 25 heavy (non-hydrogen) atoms. The molecule has 130 valence electrons. The van der Waals surface area contributed by atoms with Crippen LogP contribution in [0, 0.1) is 5.92 Å². The highest BCUT2D eigenvalue weighted by Gasteiger charge is 2.27. The van der Waals surface area contributed by atoms with E-state index in [1.807, 2.05) is 35.7 Å². The van der Waals surface area contributed by atoms with Gasteiger partial charge < -0.3 is 9.84 Å². The molecule has 3 rings (SSSR count). The minimum atomic E-state index is -0.323. The zero-order valence-electron chi connectivity index (χ0n) is 13.9. The number of amides is 1. The Labute approximate surface area is 158 Å². The first-order valence-corrected chi connectivity index (χ1v) is 9.69. The molecule has 1 amide bonds. The third kappa shape index (κ3) is 4.16. The molecule has 0 aliphatic carbocycles. The second-order valence-electron chi connectivity index (χ2n) is 5.78. The summed E-state index contributed by atoms with van der Waals surface area (Å²) in [7, 11) is 0. The zero-order valence-corrected chi connectivity index (χ0v) is 16.3. The molecule has 0 unspecified atom stereocenters. The predicted molar refractivity (Wildman–Crippen MR) is 101 cm³/mol. The Kier molecular flexibility index (Phi) is 5.65. The van der Waals surface area contributed by atoms with E-state index in [-0.39, 0.29) is 17.9 Å². The number of carbonyl (C=O) groups excluding carboxylic acids is 1. The van der Waals surface area contributed by atoms with Crippen LogP contribution >= 0.6 is 27.3 Å². The molecular weight excluding hydrogens is 402 g/mol. The van der Waals surface area contributed by atoms with Crippen molar-refractivity contribution in [2.24, 2.45) is 5.92 Å². The van der Waals surface area contributed by atoms with Crippen molar-refractivity contribution in [1.29, 1.82) is 0 Å². The maximum atomic E-state index is 12.4. The van der Waals surface area contributed by atoms with Crippen LogP contribution in [0.1, 0.15) is 41.9 Å². The minimum Gasteiger partial charge on any atom is -0.339 e. The van der Waals surface area contributed by atoms with E-state index in [2.05, 4.69) is 45.2 Å². The fraction of sp³-hybridized carbons (Fsp3) is 0.278. The van der Waals surface area contributed by atoms with Gasteiger partial charge in [-0.3, -0.25) is 4.79 Å². The first-order valence-electron chi connectivity index (χ1n) is 8.02. The highest BCUT2D eigenvalue weighted by Crippen LogP contribution is 2.27. The lowest BCUT2D eigenvalue weighted by molar-refractivity contribution is 0.0914. The molecule has 0 bridgehead atoms. The monoisotopic (exact) mass is 419 g/mol. The summed E-state index contributed by atoms with van der Waals surface area (Å²) in [4.78, 5) is 17.6. The van der Waals surface area contributed by atoms with E-state index >= 15 is 0 Å². The van der Waals surface area contributed by atoms with Crippen LogP contribution in [0.15, 0.2) is 50.8 Å². The second kappa shape index (κ2) is 7.93. The largest absolute Gasteiger partial charge is 0.339 e. The van der Waals surface area contributed by atoms with Crippen molar-refractivity contribution in [3.63, 3.8) is 0 Å². The molecule has 0 spiro atoms. The number of rotatable bonds is 6. The number of thiophene rings is 1. The quantitative estimate of drug-likeness (QED) is 0.604. The van der Waals surface area contributed by atoms with Gasteiger partial charge in [-0.1, -0.05) is 47.4 Å². The number of benzene rings is 1. The van der Waals surface area contributed by atoms with Crippen LogP contribution in [0.2, 0.25) is 0 Å². The average molecular weight is 420 g/mol. The summed E-state index contributed by atoms with van der Waals surface area (Å²) in [5, 5.41) is 8.98. The number of aromatic nitrogens is 2. The number of nitrogens with one attached hydrogen (secondary N) is 1. The van der Waals surface area contributed by atoms with Gasteiger partial charge in [-0.2, -0.15) is 4.98 Å². The number of halogens is 1. The molecule has 2 atom stereocenters. The van der Waals surface area contributed by atoms with Crippen LogP contribution in [0.3, 0.4) is 0 Å². The molecule has 0 aliphatic rings. The van der Waals surface area contributed by atoms with Gasteiger partial charge in [0.15, 0.2) is 0 Å². The summed E-state index contributed by atoms with van der Waals surface area (Å²) in [5.41, 5.74) is 0.866. The van der Waals surface area contributed by atoms with Gasteiger partial charge in [0.25, 0.3) is 5.91 Å². The fourth-order valence-electron chi connectivity index (χ4n) is 2.38. The maximum absolute atomic E-state index is 12.4. The van der Waals surface area contributed by atoms with Gasteiger partial charge in [0.1, 0.15) is 6.04 Å². The highest BCUT2D eigenvalue weighted by atomic mass is 79.9. The van der Waals surface area contributed by atoms with E-state index in [1.54, 1.807) is 6.07 Å². The molecule has 1 aromatic carbocycles. The highest BCUT2D eigenvalue weighted by molar-refractivity contribution is 9.10. The van der Waals surface area contributed by atoms with Crippen molar-refractivity contribution in [2.75, 3.05) is 0 Å². The molecular formula is C18H18BrN3O2S. The van der Waals surface area contributed by atoms with Crippen molar-refractivity contribution < 1.29 is 9.32 Å². The normalized spacial score (nSPS) is 13.4. The van der Waals surface area contributed by atoms with Crippen molar-refractivity contribution >= 4 is 33.2 Å². The lowest BCUT2D eigenvalue weighted by Gasteiger charge is -2.20. The van der Waals surface area contributed by atoms with Crippen LogP contribution in [0.4, 0.5) is 0 Å². The second-order valence-corrected chi connectivity index (χ2v) is 7.64. The summed E-state index contributed by atoms with van der Waals surface area (Å²) >= 11 is 4.82. The van der Waals surface area contributed by atoms with E-state index in [4.69, 9.17) is 4.52 Å². The molecule has 5 nitrogen and oxygen atoms in total. The van der Waals surface area contributed by atoms with Gasteiger partial charge >= 0.3 is 0 Å². The molecule has 0 fully saturated rings. The third-order valence-corrected chi connectivity index (χ3v) is 5.45. The zero-order chi connectivity index (χ0) is 17.8. The first-order chi connectivity index (χ1) is 12.1. The van der Waals surface area contributed by atoms with Crippen LogP contribution in [0.25, 0.3) is 11.4 Å². The summed E-state index contributed by atoms with van der Waals surface area (Å²) < 4.78 is 6.46. The van der Waals surface area contributed by atoms with Gasteiger partial charge in [-0.25, -0.2) is 0 Å². The fourth-order valence-corrected chi connectivity index (χ4v) is 3.27. The molecule has 0 saturated heterocycles. The van der Waals surface area contributed by atoms with Crippen LogP contribution in [-0.4, -0.2) is 16.0 Å². The Morgan fingerprint density at radius 2 is 2.08 bits per heavy atom. The lowest BCUT2D eigenvalue weighted by atomic mass is 9.99. The van der Waals surface area contributed by atoms with Gasteiger partial charge in [0, 0.05) is 10.0 Å². The molecule has 3 aromatic rings. The molecule has 0 aliphatic heterocycles. The van der Waals surface area contributed by atoms with Crippen molar-refractivity contribution in [1.82, 2.24) is 15.5 Å². The maximum Gasteiger partial charge on any atom is 0.262 e. The lowest BCUT2D eigenvalue weighted by Crippen LogP contribution is -2.32. The van der Waals surface area contributed by atoms with Crippen molar-refractivity contribution in [3.8, 4) is 11.4 Å². The predicted octanol–water partition coefficient (Wildman–Crippen LogP) is 5.08. The number of nitrogens with zero attached hydrogens (tertiary/aromatic N) is 2. The Bertz CT molecular complexity index is 830.